The molecule has 0 spiro atoms. The van der Waals surface area contributed by atoms with Crippen molar-refractivity contribution in [3.05, 3.63) is 46.7 Å². The minimum atomic E-state index is -3.45. The Balaban J connectivity index is 1.92. The van der Waals surface area contributed by atoms with E-state index in [9.17, 15) is 8.42 Å². The molecule has 0 atom stereocenters. The lowest BCUT2D eigenvalue weighted by molar-refractivity contribution is 0.317. The topological polar surface area (TPSA) is 55.4 Å². The van der Waals surface area contributed by atoms with Crippen LogP contribution in [0.15, 0.2) is 46.7 Å². The first kappa shape index (κ1) is 16.0. The zero-order valence-electron chi connectivity index (χ0n) is 11.9. The zero-order valence-corrected chi connectivity index (χ0v) is 13.5. The van der Waals surface area contributed by atoms with Gasteiger partial charge in [0.25, 0.3) is 0 Å². The maximum absolute atomic E-state index is 12.1. The molecule has 1 N–H and O–H groups in total. The molecule has 0 saturated carbocycles. The highest BCUT2D eigenvalue weighted by atomic mass is 32.2. The van der Waals surface area contributed by atoms with E-state index in [-0.39, 0.29) is 4.90 Å². The van der Waals surface area contributed by atoms with Crippen LogP contribution in [-0.2, 0) is 16.4 Å². The first-order chi connectivity index (χ1) is 10.1. The van der Waals surface area contributed by atoms with Gasteiger partial charge in [0.1, 0.15) is 5.75 Å². The van der Waals surface area contributed by atoms with Gasteiger partial charge in [0, 0.05) is 11.4 Å². The molecule has 0 aliphatic carbocycles. The highest BCUT2D eigenvalue weighted by Crippen LogP contribution is 2.16. The van der Waals surface area contributed by atoms with E-state index >= 15 is 0 Å². The van der Waals surface area contributed by atoms with Crippen LogP contribution in [0.3, 0.4) is 0 Å². The summed E-state index contributed by atoms with van der Waals surface area (Å²) in [5.74, 6) is 0.689. The van der Waals surface area contributed by atoms with Crippen molar-refractivity contribution in [3.8, 4) is 5.75 Å². The number of ether oxygens (including phenoxy) is 1. The van der Waals surface area contributed by atoms with Gasteiger partial charge in [-0.25, -0.2) is 13.1 Å². The van der Waals surface area contributed by atoms with E-state index in [1.165, 1.54) is 4.88 Å². The van der Waals surface area contributed by atoms with Crippen molar-refractivity contribution < 1.29 is 13.2 Å². The standard InChI is InChI=1S/C15H19NO3S2/c1-2-11-19-13-5-7-15(8-6-13)21(17,18)16-10-9-14-4-3-12-20-14/h3-8,12,16H,2,9-11H2,1H3. The number of benzene rings is 1. The van der Waals surface area contributed by atoms with E-state index in [4.69, 9.17) is 4.74 Å². The number of hydrogen-bond acceptors (Lipinski definition) is 4. The van der Waals surface area contributed by atoms with Crippen molar-refractivity contribution in [2.24, 2.45) is 0 Å². The molecule has 21 heavy (non-hydrogen) atoms. The van der Waals surface area contributed by atoms with Gasteiger partial charge in [-0.05, 0) is 48.6 Å². The zero-order chi connectivity index (χ0) is 15.1. The maximum atomic E-state index is 12.1. The third-order valence-corrected chi connectivity index (χ3v) is 5.26. The summed E-state index contributed by atoms with van der Waals surface area (Å²) in [6.45, 7) is 3.05. The van der Waals surface area contributed by atoms with Crippen molar-refractivity contribution in [3.63, 3.8) is 0 Å². The van der Waals surface area contributed by atoms with Gasteiger partial charge in [-0.15, -0.1) is 11.3 Å². The molecule has 2 aromatic rings. The summed E-state index contributed by atoms with van der Waals surface area (Å²) in [7, 11) is -3.45. The number of rotatable bonds is 8. The minimum Gasteiger partial charge on any atom is -0.494 e. The second-order valence-electron chi connectivity index (χ2n) is 4.55. The fourth-order valence-corrected chi connectivity index (χ4v) is 3.52. The van der Waals surface area contributed by atoms with Gasteiger partial charge in [0.15, 0.2) is 0 Å². The van der Waals surface area contributed by atoms with E-state index in [1.807, 2.05) is 24.4 Å². The highest BCUT2D eigenvalue weighted by Gasteiger charge is 2.13. The van der Waals surface area contributed by atoms with Crippen LogP contribution in [-0.4, -0.2) is 21.6 Å². The van der Waals surface area contributed by atoms with Crippen molar-refractivity contribution in [1.29, 1.82) is 0 Å². The minimum absolute atomic E-state index is 0.262. The molecule has 6 heteroatoms. The number of nitrogens with one attached hydrogen (secondary N) is 1. The SMILES string of the molecule is CCCOc1ccc(S(=O)(=O)NCCc2cccs2)cc1. The molecule has 1 aromatic heterocycles. The summed E-state index contributed by atoms with van der Waals surface area (Å²) in [6, 6.07) is 10.5. The second-order valence-corrected chi connectivity index (χ2v) is 7.35. The Hall–Kier alpha value is -1.37. The summed E-state index contributed by atoms with van der Waals surface area (Å²) in [4.78, 5) is 1.43. The van der Waals surface area contributed by atoms with E-state index in [2.05, 4.69) is 4.72 Å². The largest absolute Gasteiger partial charge is 0.494 e. The summed E-state index contributed by atoms with van der Waals surface area (Å²) < 4.78 is 32.3. The van der Waals surface area contributed by atoms with Gasteiger partial charge in [0.05, 0.1) is 11.5 Å². The van der Waals surface area contributed by atoms with E-state index in [1.54, 1.807) is 35.6 Å². The van der Waals surface area contributed by atoms with Crippen LogP contribution in [0.4, 0.5) is 0 Å². The molecule has 114 valence electrons. The third kappa shape index (κ3) is 4.84. The van der Waals surface area contributed by atoms with Crippen LogP contribution in [0.5, 0.6) is 5.75 Å². The van der Waals surface area contributed by atoms with Gasteiger partial charge in [-0.3, -0.25) is 0 Å². The molecule has 0 fully saturated rings. The Labute approximate surface area is 129 Å². The van der Waals surface area contributed by atoms with Crippen LogP contribution >= 0.6 is 11.3 Å². The maximum Gasteiger partial charge on any atom is 0.240 e. The molecule has 0 saturated heterocycles. The first-order valence-corrected chi connectivity index (χ1v) is 9.23. The van der Waals surface area contributed by atoms with Crippen LogP contribution in [0.25, 0.3) is 0 Å². The van der Waals surface area contributed by atoms with Crippen molar-refractivity contribution in [1.82, 2.24) is 4.72 Å². The van der Waals surface area contributed by atoms with Crippen LogP contribution < -0.4 is 9.46 Å². The van der Waals surface area contributed by atoms with Gasteiger partial charge in [-0.1, -0.05) is 13.0 Å². The highest BCUT2D eigenvalue weighted by molar-refractivity contribution is 7.89. The Morgan fingerprint density at radius 3 is 2.57 bits per heavy atom. The van der Waals surface area contributed by atoms with Crippen molar-refractivity contribution in [2.75, 3.05) is 13.2 Å². The molecular weight excluding hydrogens is 306 g/mol. The molecule has 0 amide bonds. The summed E-state index contributed by atoms with van der Waals surface area (Å²) >= 11 is 1.63. The molecule has 0 aliphatic rings. The molecule has 0 unspecified atom stereocenters. The van der Waals surface area contributed by atoms with Crippen molar-refractivity contribution >= 4 is 21.4 Å². The van der Waals surface area contributed by atoms with Gasteiger partial charge < -0.3 is 4.74 Å². The Kier molecular flexibility index (Phi) is 5.78. The molecule has 1 aromatic carbocycles. The summed E-state index contributed by atoms with van der Waals surface area (Å²) in [5, 5.41) is 1.98. The van der Waals surface area contributed by atoms with Gasteiger partial charge >= 0.3 is 0 Å². The number of thiophene rings is 1. The predicted octanol–water partition coefficient (Wildman–Crippen LogP) is 3.06. The molecule has 2 rings (SSSR count). The fraction of sp³-hybridized carbons (Fsp3) is 0.333. The number of hydrogen-bond donors (Lipinski definition) is 1. The molecule has 0 aliphatic heterocycles. The van der Waals surface area contributed by atoms with Gasteiger partial charge in [-0.2, -0.15) is 0 Å². The average Bonchev–Trinajstić information content (AvgIpc) is 2.98. The third-order valence-electron chi connectivity index (χ3n) is 2.85. The lowest BCUT2D eigenvalue weighted by Gasteiger charge is -2.08. The molecular formula is C15H19NO3S2. The molecule has 0 bridgehead atoms. The van der Waals surface area contributed by atoms with Crippen LogP contribution in [0.1, 0.15) is 18.2 Å². The molecule has 4 nitrogen and oxygen atoms in total. The summed E-state index contributed by atoms with van der Waals surface area (Å²) in [6.07, 6.45) is 1.62. The Bertz CT molecular complexity index is 634. The predicted molar refractivity (Wildman–Crippen MR) is 85.4 cm³/mol. The van der Waals surface area contributed by atoms with E-state index in [0.717, 1.165) is 6.42 Å². The monoisotopic (exact) mass is 325 g/mol. The lowest BCUT2D eigenvalue weighted by Crippen LogP contribution is -2.25. The smallest absolute Gasteiger partial charge is 0.240 e. The molecule has 1 heterocycles. The fourth-order valence-electron chi connectivity index (χ4n) is 1.78. The lowest BCUT2D eigenvalue weighted by atomic mass is 10.3. The van der Waals surface area contributed by atoms with E-state index < -0.39 is 10.0 Å². The van der Waals surface area contributed by atoms with Crippen molar-refractivity contribution in [2.45, 2.75) is 24.7 Å². The average molecular weight is 325 g/mol. The molecule has 0 radical (unpaired) electrons. The number of sulfonamides is 1. The Morgan fingerprint density at radius 2 is 1.95 bits per heavy atom. The van der Waals surface area contributed by atoms with Crippen LogP contribution in [0.2, 0.25) is 0 Å². The normalized spacial score (nSPS) is 11.5. The first-order valence-electron chi connectivity index (χ1n) is 6.87. The summed E-state index contributed by atoms with van der Waals surface area (Å²) in [5.41, 5.74) is 0. The van der Waals surface area contributed by atoms with Crippen LogP contribution in [0, 0.1) is 0 Å². The van der Waals surface area contributed by atoms with Gasteiger partial charge in [0.2, 0.25) is 10.0 Å². The van der Waals surface area contributed by atoms with E-state index in [0.29, 0.717) is 25.3 Å². The quantitative estimate of drug-likeness (QED) is 0.811. The Morgan fingerprint density at radius 1 is 1.19 bits per heavy atom. The second kappa shape index (κ2) is 7.59.